The summed E-state index contributed by atoms with van der Waals surface area (Å²) in [7, 11) is 1.52. The minimum atomic E-state index is -0.875. The van der Waals surface area contributed by atoms with Gasteiger partial charge < -0.3 is 14.8 Å². The van der Waals surface area contributed by atoms with Gasteiger partial charge in [-0.2, -0.15) is 0 Å². The van der Waals surface area contributed by atoms with E-state index >= 15 is 0 Å². The lowest BCUT2D eigenvalue weighted by molar-refractivity contribution is -0.0579. The molecule has 2 aliphatic heterocycles. The monoisotopic (exact) mass is 429 g/mol. The topological polar surface area (TPSA) is 88.6 Å². The second kappa shape index (κ2) is 6.96. The molecule has 2 aliphatic rings. The molecule has 8 nitrogen and oxygen atoms in total. The van der Waals surface area contributed by atoms with E-state index in [9.17, 15) is 9.18 Å². The second-order valence-electron chi connectivity index (χ2n) is 7.01. The maximum absolute atomic E-state index is 14.4. The SMILES string of the molecule is COc1cc2ncnc(Nc3cccc(Cl)c3F)c2cc1N1C(=O)OC12CCCN2. The van der Waals surface area contributed by atoms with Crippen molar-refractivity contribution in [1.82, 2.24) is 15.3 Å². The Balaban J connectivity index is 1.63. The number of hydrogen-bond acceptors (Lipinski definition) is 7. The van der Waals surface area contributed by atoms with Crippen LogP contribution < -0.4 is 20.3 Å². The highest BCUT2D eigenvalue weighted by atomic mass is 35.5. The number of aromatic nitrogens is 2. The fraction of sp³-hybridized carbons (Fsp3) is 0.250. The number of anilines is 3. The van der Waals surface area contributed by atoms with E-state index in [0.29, 0.717) is 34.6 Å². The number of nitrogens with one attached hydrogen (secondary N) is 2. The first-order valence-electron chi connectivity index (χ1n) is 9.34. The van der Waals surface area contributed by atoms with Crippen molar-refractivity contribution in [3.63, 3.8) is 0 Å². The fourth-order valence-electron chi connectivity index (χ4n) is 3.85. The Kier molecular flexibility index (Phi) is 4.37. The molecule has 2 fully saturated rings. The van der Waals surface area contributed by atoms with Gasteiger partial charge in [-0.05, 0) is 24.6 Å². The van der Waals surface area contributed by atoms with Gasteiger partial charge in [0.2, 0.25) is 0 Å². The maximum Gasteiger partial charge on any atom is 0.421 e. The van der Waals surface area contributed by atoms with Crippen LogP contribution in [0.15, 0.2) is 36.7 Å². The molecule has 1 spiro atoms. The number of amides is 1. The molecule has 0 aliphatic carbocycles. The molecule has 2 aromatic carbocycles. The zero-order chi connectivity index (χ0) is 20.9. The largest absolute Gasteiger partial charge is 0.494 e. The van der Waals surface area contributed by atoms with Crippen LogP contribution in [0.2, 0.25) is 5.02 Å². The second-order valence-corrected chi connectivity index (χ2v) is 7.42. The summed E-state index contributed by atoms with van der Waals surface area (Å²) >= 11 is 5.89. The Bertz CT molecular complexity index is 1170. The summed E-state index contributed by atoms with van der Waals surface area (Å²) in [5.74, 6) is -0.626. The summed E-state index contributed by atoms with van der Waals surface area (Å²) < 4.78 is 25.3. The molecule has 3 aromatic rings. The number of rotatable bonds is 4. The van der Waals surface area contributed by atoms with E-state index in [1.165, 1.54) is 24.4 Å². The van der Waals surface area contributed by atoms with E-state index in [2.05, 4.69) is 20.6 Å². The molecule has 1 amide bonds. The van der Waals surface area contributed by atoms with Crippen LogP contribution in [0.3, 0.4) is 0 Å². The number of carbonyl (C=O) groups is 1. The molecule has 154 valence electrons. The van der Waals surface area contributed by atoms with E-state index in [0.717, 1.165) is 13.0 Å². The number of fused-ring (bicyclic) bond motifs is 1. The van der Waals surface area contributed by atoms with Gasteiger partial charge in [-0.25, -0.2) is 24.1 Å². The molecule has 2 saturated heterocycles. The maximum atomic E-state index is 14.4. The van der Waals surface area contributed by atoms with Crippen molar-refractivity contribution in [3.05, 3.63) is 47.5 Å². The van der Waals surface area contributed by atoms with Crippen LogP contribution in [0.5, 0.6) is 5.75 Å². The number of methoxy groups -OCH3 is 1. The van der Waals surface area contributed by atoms with Crippen LogP contribution in [0.1, 0.15) is 12.8 Å². The zero-order valence-electron chi connectivity index (χ0n) is 15.9. The van der Waals surface area contributed by atoms with Crippen LogP contribution in [-0.2, 0) is 4.74 Å². The Morgan fingerprint density at radius 3 is 2.97 bits per heavy atom. The fourth-order valence-corrected chi connectivity index (χ4v) is 4.03. The molecule has 0 saturated carbocycles. The number of hydrogen-bond donors (Lipinski definition) is 2. The smallest absolute Gasteiger partial charge is 0.421 e. The Hall–Kier alpha value is -3.17. The first kappa shape index (κ1) is 18.8. The molecule has 2 N–H and O–H groups in total. The molecule has 1 atom stereocenters. The lowest BCUT2D eigenvalue weighted by Crippen LogP contribution is -2.71. The van der Waals surface area contributed by atoms with Gasteiger partial charge in [-0.15, -0.1) is 0 Å². The number of benzene rings is 2. The van der Waals surface area contributed by atoms with Crippen LogP contribution >= 0.6 is 11.6 Å². The van der Waals surface area contributed by atoms with Crippen molar-refractivity contribution in [2.24, 2.45) is 0 Å². The minimum absolute atomic E-state index is 0.00158. The Morgan fingerprint density at radius 1 is 1.37 bits per heavy atom. The third kappa shape index (κ3) is 2.81. The van der Waals surface area contributed by atoms with Crippen LogP contribution in [0.4, 0.5) is 26.4 Å². The molecule has 30 heavy (non-hydrogen) atoms. The lowest BCUT2D eigenvalue weighted by Gasteiger charge is -2.48. The van der Waals surface area contributed by atoms with E-state index in [4.69, 9.17) is 21.1 Å². The number of halogens is 2. The van der Waals surface area contributed by atoms with Crippen LogP contribution in [0, 0.1) is 5.82 Å². The van der Waals surface area contributed by atoms with E-state index in [1.807, 2.05) is 0 Å². The number of nitrogens with zero attached hydrogens (tertiary/aromatic N) is 3. The third-order valence-electron chi connectivity index (χ3n) is 5.28. The van der Waals surface area contributed by atoms with Gasteiger partial charge in [0.05, 0.1) is 29.0 Å². The molecule has 10 heteroatoms. The van der Waals surface area contributed by atoms with Gasteiger partial charge in [0.1, 0.15) is 17.9 Å². The van der Waals surface area contributed by atoms with Crippen molar-refractivity contribution in [3.8, 4) is 5.75 Å². The van der Waals surface area contributed by atoms with E-state index in [-0.39, 0.29) is 10.7 Å². The predicted octanol–water partition coefficient (Wildman–Crippen LogP) is 4.17. The zero-order valence-corrected chi connectivity index (χ0v) is 16.7. The number of ether oxygens (including phenoxy) is 2. The molecule has 3 heterocycles. The van der Waals surface area contributed by atoms with Gasteiger partial charge in [0.15, 0.2) is 5.82 Å². The Labute approximate surface area is 176 Å². The van der Waals surface area contributed by atoms with E-state index in [1.54, 1.807) is 24.3 Å². The molecule has 5 rings (SSSR count). The van der Waals surface area contributed by atoms with Gasteiger partial charge >= 0.3 is 6.09 Å². The van der Waals surface area contributed by atoms with Gasteiger partial charge in [0.25, 0.3) is 5.85 Å². The Morgan fingerprint density at radius 2 is 2.23 bits per heavy atom. The van der Waals surface area contributed by atoms with Crippen LogP contribution in [0.25, 0.3) is 10.9 Å². The average molecular weight is 430 g/mol. The molecular weight excluding hydrogens is 413 g/mol. The van der Waals surface area contributed by atoms with Gasteiger partial charge in [0, 0.05) is 24.4 Å². The van der Waals surface area contributed by atoms with Crippen LogP contribution in [-0.4, -0.2) is 35.6 Å². The molecular formula is C20H17ClFN5O3. The number of carbonyl (C=O) groups excluding carboxylic acids is 1. The molecule has 1 aromatic heterocycles. The van der Waals surface area contributed by atoms with E-state index < -0.39 is 17.8 Å². The first-order chi connectivity index (χ1) is 14.5. The van der Waals surface area contributed by atoms with Gasteiger partial charge in [-0.1, -0.05) is 17.7 Å². The van der Waals surface area contributed by atoms with Gasteiger partial charge in [-0.3, -0.25) is 5.32 Å². The van der Waals surface area contributed by atoms with Crippen molar-refractivity contribution < 1.29 is 18.7 Å². The average Bonchev–Trinajstić information content (AvgIpc) is 3.22. The molecule has 0 radical (unpaired) electrons. The minimum Gasteiger partial charge on any atom is -0.494 e. The highest BCUT2D eigenvalue weighted by molar-refractivity contribution is 6.31. The summed E-state index contributed by atoms with van der Waals surface area (Å²) in [6.07, 6.45) is 2.42. The summed E-state index contributed by atoms with van der Waals surface area (Å²) in [5, 5.41) is 6.78. The highest BCUT2D eigenvalue weighted by Crippen LogP contribution is 2.45. The lowest BCUT2D eigenvalue weighted by atomic mass is 10.1. The predicted molar refractivity (Wildman–Crippen MR) is 110 cm³/mol. The molecule has 0 bridgehead atoms. The summed E-state index contributed by atoms with van der Waals surface area (Å²) in [4.78, 5) is 22.4. The summed E-state index contributed by atoms with van der Waals surface area (Å²) in [6.45, 7) is 0.740. The standard InChI is InChI=1S/C20H17ClFN5O3/c1-29-16-9-14-11(8-15(16)27-19(28)30-20(27)6-3-7-25-20)18(24-10-23-14)26-13-5-2-4-12(21)17(13)22/h2,4-5,8-10,25H,3,6-7H2,1H3,(H,23,24,26). The summed E-state index contributed by atoms with van der Waals surface area (Å²) in [6, 6.07) is 8.11. The normalized spacial score (nSPS) is 20.4. The first-order valence-corrected chi connectivity index (χ1v) is 9.72. The van der Waals surface area contributed by atoms with Crippen molar-refractivity contribution in [2.75, 3.05) is 23.9 Å². The van der Waals surface area contributed by atoms with Crippen molar-refractivity contribution in [2.45, 2.75) is 18.7 Å². The highest BCUT2D eigenvalue weighted by Gasteiger charge is 2.57. The van der Waals surface area contributed by atoms with Crippen molar-refractivity contribution >= 4 is 45.8 Å². The third-order valence-corrected chi connectivity index (χ3v) is 5.57. The summed E-state index contributed by atoms with van der Waals surface area (Å²) in [5.41, 5.74) is 1.26. The quantitative estimate of drug-likeness (QED) is 0.643. The molecule has 1 unspecified atom stereocenters. The van der Waals surface area contributed by atoms with Crippen molar-refractivity contribution in [1.29, 1.82) is 0 Å².